The Morgan fingerprint density at radius 3 is 2.52 bits per heavy atom. The van der Waals surface area contributed by atoms with E-state index in [1.807, 2.05) is 14.0 Å². The minimum Gasteiger partial charge on any atom is -0.382 e. The molecule has 1 saturated heterocycles. The molecular weight excluding hydrogens is 447 g/mol. The second kappa shape index (κ2) is 13.4. The van der Waals surface area contributed by atoms with E-state index in [2.05, 4.69) is 32.3 Å². The fourth-order valence-corrected chi connectivity index (χ4v) is 4.75. The van der Waals surface area contributed by atoms with Gasteiger partial charge >= 0.3 is 0 Å². The molecule has 0 aromatic carbocycles. The van der Waals surface area contributed by atoms with Gasteiger partial charge in [0.2, 0.25) is 0 Å². The average molecular weight is 484 g/mol. The highest BCUT2D eigenvalue weighted by molar-refractivity contribution is 14.0. The van der Waals surface area contributed by atoms with Crippen LogP contribution in [-0.4, -0.2) is 74.3 Å². The number of hydrogen-bond donors (Lipinski definition) is 2. The molecule has 1 saturated carbocycles. The molecule has 25 heavy (non-hydrogen) atoms. The number of nitrogens with zero attached hydrogens (tertiary/aromatic N) is 2. The van der Waals surface area contributed by atoms with Crippen molar-refractivity contribution in [3.05, 3.63) is 0 Å². The van der Waals surface area contributed by atoms with Crippen molar-refractivity contribution in [1.29, 1.82) is 0 Å². The summed E-state index contributed by atoms with van der Waals surface area (Å²) in [7, 11) is 1.86. The Hall–Kier alpha value is 0.270. The number of halogens is 1. The van der Waals surface area contributed by atoms with Crippen LogP contribution in [0.3, 0.4) is 0 Å². The first kappa shape index (κ1) is 23.3. The molecule has 0 atom stereocenters. The van der Waals surface area contributed by atoms with E-state index in [1.165, 1.54) is 56.7 Å². The highest BCUT2D eigenvalue weighted by Gasteiger charge is 2.38. The van der Waals surface area contributed by atoms with Crippen molar-refractivity contribution < 1.29 is 4.74 Å². The van der Waals surface area contributed by atoms with Crippen LogP contribution >= 0.6 is 35.7 Å². The summed E-state index contributed by atoms with van der Waals surface area (Å²) < 4.78 is 5.39. The molecule has 1 heterocycles. The van der Waals surface area contributed by atoms with Crippen LogP contribution in [0.2, 0.25) is 0 Å². The highest BCUT2D eigenvalue weighted by Crippen LogP contribution is 2.34. The first-order chi connectivity index (χ1) is 11.8. The van der Waals surface area contributed by atoms with Gasteiger partial charge in [-0.25, -0.2) is 0 Å². The van der Waals surface area contributed by atoms with Gasteiger partial charge < -0.3 is 15.4 Å². The number of ether oxygens (including phenoxy) is 1. The first-order valence-electron chi connectivity index (χ1n) is 9.66. The van der Waals surface area contributed by atoms with Crippen LogP contribution in [0.4, 0.5) is 0 Å². The van der Waals surface area contributed by atoms with Crippen molar-refractivity contribution >= 4 is 41.7 Å². The zero-order chi connectivity index (χ0) is 17.1. The molecule has 2 N–H and O–H groups in total. The molecule has 2 rings (SSSR count). The molecule has 0 amide bonds. The van der Waals surface area contributed by atoms with Crippen LogP contribution in [-0.2, 0) is 4.74 Å². The first-order valence-corrected chi connectivity index (χ1v) is 10.8. The van der Waals surface area contributed by atoms with E-state index in [1.54, 1.807) is 0 Å². The third kappa shape index (κ3) is 7.81. The number of rotatable bonds is 8. The van der Waals surface area contributed by atoms with Gasteiger partial charge in [0.25, 0.3) is 0 Å². The fourth-order valence-electron chi connectivity index (χ4n) is 3.85. The number of nitrogens with one attached hydrogen (secondary N) is 2. The Morgan fingerprint density at radius 1 is 1.16 bits per heavy atom. The molecule has 0 spiro atoms. The predicted octanol–water partition coefficient (Wildman–Crippen LogP) is 2.95. The Balaban J connectivity index is 0.00000312. The van der Waals surface area contributed by atoms with Crippen LogP contribution in [0.25, 0.3) is 0 Å². The van der Waals surface area contributed by atoms with Gasteiger partial charge in [0.15, 0.2) is 5.96 Å². The molecular formula is C18H37IN4OS. The lowest BCUT2D eigenvalue weighted by molar-refractivity contribution is 0.0626. The molecule has 0 aromatic rings. The number of thioether (sulfide) groups is 1. The van der Waals surface area contributed by atoms with Gasteiger partial charge in [0.05, 0.1) is 0 Å². The molecule has 7 heteroatoms. The van der Waals surface area contributed by atoms with Crippen LogP contribution in [0, 0.1) is 0 Å². The smallest absolute Gasteiger partial charge is 0.191 e. The summed E-state index contributed by atoms with van der Waals surface area (Å²) in [5.41, 5.74) is 0.335. The monoisotopic (exact) mass is 484 g/mol. The Bertz CT molecular complexity index is 372. The lowest BCUT2D eigenvalue weighted by atomic mass is 9.80. The molecule has 0 radical (unpaired) electrons. The van der Waals surface area contributed by atoms with Gasteiger partial charge in [-0.1, -0.05) is 19.3 Å². The van der Waals surface area contributed by atoms with E-state index in [9.17, 15) is 0 Å². The van der Waals surface area contributed by atoms with Gasteiger partial charge in [-0.05, 0) is 26.2 Å². The summed E-state index contributed by atoms with van der Waals surface area (Å²) in [5.74, 6) is 3.50. The second-order valence-corrected chi connectivity index (χ2v) is 8.01. The maximum atomic E-state index is 5.39. The Morgan fingerprint density at radius 2 is 1.88 bits per heavy atom. The van der Waals surface area contributed by atoms with Crippen LogP contribution in [0.1, 0.15) is 45.4 Å². The molecule has 0 bridgehead atoms. The normalized spacial score (nSPS) is 21.4. The van der Waals surface area contributed by atoms with Crippen LogP contribution < -0.4 is 10.6 Å². The zero-order valence-corrected chi connectivity index (χ0v) is 19.2. The van der Waals surface area contributed by atoms with Crippen molar-refractivity contribution in [2.45, 2.75) is 51.0 Å². The second-order valence-electron chi connectivity index (χ2n) is 6.79. The number of hydrogen-bond acceptors (Lipinski definition) is 4. The predicted molar refractivity (Wildman–Crippen MR) is 121 cm³/mol. The maximum Gasteiger partial charge on any atom is 0.191 e. The standard InChI is InChI=1S/C18H36N4OS.HI/c1-3-23-13-7-10-20-17(19-2)21-16-18(8-5-4-6-9-18)22-11-14-24-15-12-22;/h3-16H2,1-2H3,(H2,19,20,21);1H. The molecule has 0 unspecified atom stereocenters. The van der Waals surface area contributed by atoms with Crippen LogP contribution in [0.15, 0.2) is 4.99 Å². The zero-order valence-electron chi connectivity index (χ0n) is 16.0. The van der Waals surface area contributed by atoms with Crippen molar-refractivity contribution in [3.63, 3.8) is 0 Å². The summed E-state index contributed by atoms with van der Waals surface area (Å²) in [5, 5.41) is 7.04. The van der Waals surface area contributed by atoms with Gasteiger partial charge in [-0.3, -0.25) is 9.89 Å². The van der Waals surface area contributed by atoms with Gasteiger partial charge in [0.1, 0.15) is 0 Å². The average Bonchev–Trinajstić information content (AvgIpc) is 2.65. The summed E-state index contributed by atoms with van der Waals surface area (Å²) in [6.45, 7) is 8.06. The lowest BCUT2D eigenvalue weighted by Crippen LogP contribution is -2.59. The minimum absolute atomic E-state index is 0. The molecule has 2 aliphatic rings. The minimum atomic E-state index is 0. The third-order valence-corrected chi connectivity index (χ3v) is 6.18. The van der Waals surface area contributed by atoms with Gasteiger partial charge in [0, 0.05) is 63.5 Å². The number of guanidine groups is 1. The van der Waals surface area contributed by atoms with E-state index in [-0.39, 0.29) is 24.0 Å². The van der Waals surface area contributed by atoms with Crippen molar-refractivity contribution in [1.82, 2.24) is 15.5 Å². The van der Waals surface area contributed by atoms with Crippen molar-refractivity contribution in [2.24, 2.45) is 4.99 Å². The van der Waals surface area contributed by atoms with E-state index >= 15 is 0 Å². The largest absolute Gasteiger partial charge is 0.382 e. The summed E-state index contributed by atoms with van der Waals surface area (Å²) in [6, 6.07) is 0. The fraction of sp³-hybridized carbons (Fsp3) is 0.944. The van der Waals surface area contributed by atoms with Crippen molar-refractivity contribution in [2.75, 3.05) is 57.9 Å². The van der Waals surface area contributed by atoms with E-state index in [0.29, 0.717) is 5.54 Å². The number of aliphatic imine (C=N–C) groups is 1. The molecule has 148 valence electrons. The molecule has 0 aromatic heterocycles. The topological polar surface area (TPSA) is 48.9 Å². The Kier molecular flexibility index (Phi) is 12.5. The third-order valence-electron chi connectivity index (χ3n) is 5.24. The molecule has 1 aliphatic carbocycles. The van der Waals surface area contributed by atoms with Gasteiger partial charge in [-0.15, -0.1) is 24.0 Å². The highest BCUT2D eigenvalue weighted by atomic mass is 127. The maximum absolute atomic E-state index is 5.39. The quantitative estimate of drug-likeness (QED) is 0.240. The van der Waals surface area contributed by atoms with E-state index in [4.69, 9.17) is 4.74 Å². The molecule has 1 aliphatic heterocycles. The van der Waals surface area contributed by atoms with Crippen molar-refractivity contribution in [3.8, 4) is 0 Å². The summed E-state index contributed by atoms with van der Waals surface area (Å²) in [4.78, 5) is 7.16. The van der Waals surface area contributed by atoms with E-state index in [0.717, 1.165) is 38.7 Å². The summed E-state index contributed by atoms with van der Waals surface area (Å²) in [6.07, 6.45) is 7.80. The Labute approximate surface area is 175 Å². The summed E-state index contributed by atoms with van der Waals surface area (Å²) >= 11 is 2.10. The van der Waals surface area contributed by atoms with Crippen LogP contribution in [0.5, 0.6) is 0 Å². The lowest BCUT2D eigenvalue weighted by Gasteiger charge is -2.48. The molecule has 5 nitrogen and oxygen atoms in total. The SMILES string of the molecule is CCOCCCNC(=NC)NCC1(N2CCSCC2)CCCCC1.I. The van der Waals surface area contributed by atoms with E-state index < -0.39 is 0 Å². The molecule has 2 fully saturated rings. The van der Waals surface area contributed by atoms with Gasteiger partial charge in [-0.2, -0.15) is 11.8 Å².